The van der Waals surface area contributed by atoms with Crippen molar-refractivity contribution < 1.29 is 19.1 Å². The summed E-state index contributed by atoms with van der Waals surface area (Å²) in [6, 6.07) is 17.1. The van der Waals surface area contributed by atoms with Crippen LogP contribution < -0.4 is 0 Å². The molecule has 0 atom stereocenters. The standard InChI is InChI=1S/C21H18O4/c1-13-8-10-14(11-9-13)18-16-7-5-4-6-15(16)12-17(20(22)24-2)19(18)21(23)25-3/h4-12H,1-3H3. The van der Waals surface area contributed by atoms with Crippen LogP contribution in [0.15, 0.2) is 54.6 Å². The quantitative estimate of drug-likeness (QED) is 0.667. The average Bonchev–Trinajstić information content (AvgIpc) is 2.66. The van der Waals surface area contributed by atoms with E-state index in [0.29, 0.717) is 5.56 Å². The Bertz CT molecular complexity index is 956. The van der Waals surface area contributed by atoms with Gasteiger partial charge in [0.1, 0.15) is 0 Å². The molecule has 0 N–H and O–H groups in total. The van der Waals surface area contributed by atoms with Crippen LogP contribution in [0.2, 0.25) is 0 Å². The SMILES string of the molecule is COC(=O)c1cc2ccccc2c(-c2ccc(C)cc2)c1C(=O)OC. The Balaban J connectivity index is 2.47. The van der Waals surface area contributed by atoms with E-state index in [2.05, 4.69) is 0 Å². The Hall–Kier alpha value is -3.14. The van der Waals surface area contributed by atoms with Gasteiger partial charge >= 0.3 is 11.9 Å². The summed E-state index contributed by atoms with van der Waals surface area (Å²) >= 11 is 0. The molecule has 3 rings (SSSR count). The van der Waals surface area contributed by atoms with Crippen LogP contribution in [0.1, 0.15) is 26.3 Å². The van der Waals surface area contributed by atoms with E-state index in [1.54, 1.807) is 6.07 Å². The van der Waals surface area contributed by atoms with E-state index in [-0.39, 0.29) is 11.1 Å². The normalized spacial score (nSPS) is 10.5. The number of methoxy groups -OCH3 is 2. The summed E-state index contributed by atoms with van der Waals surface area (Å²) in [5.74, 6) is -1.14. The van der Waals surface area contributed by atoms with Crippen molar-refractivity contribution in [3.8, 4) is 11.1 Å². The molecule has 0 radical (unpaired) electrons. The number of esters is 2. The third-order valence-electron chi connectivity index (χ3n) is 4.18. The first-order valence-corrected chi connectivity index (χ1v) is 7.86. The van der Waals surface area contributed by atoms with Gasteiger partial charge in [0.05, 0.1) is 25.3 Å². The van der Waals surface area contributed by atoms with Gasteiger partial charge < -0.3 is 9.47 Å². The Morgan fingerprint density at radius 3 is 2.12 bits per heavy atom. The van der Waals surface area contributed by atoms with E-state index in [1.165, 1.54) is 14.2 Å². The van der Waals surface area contributed by atoms with Crippen LogP contribution in [0.5, 0.6) is 0 Å². The second-order valence-corrected chi connectivity index (χ2v) is 5.74. The van der Waals surface area contributed by atoms with Gasteiger partial charge in [-0.1, -0.05) is 54.1 Å². The van der Waals surface area contributed by atoms with Crippen LogP contribution in [0.25, 0.3) is 21.9 Å². The molecule has 0 bridgehead atoms. The molecule has 0 saturated carbocycles. The molecule has 0 saturated heterocycles. The third-order valence-corrected chi connectivity index (χ3v) is 4.18. The second-order valence-electron chi connectivity index (χ2n) is 5.74. The molecule has 3 aromatic carbocycles. The lowest BCUT2D eigenvalue weighted by atomic mass is 9.89. The fourth-order valence-corrected chi connectivity index (χ4v) is 2.95. The fraction of sp³-hybridized carbons (Fsp3) is 0.143. The molecule has 25 heavy (non-hydrogen) atoms. The molecule has 0 aliphatic heterocycles. The second kappa shape index (κ2) is 6.77. The van der Waals surface area contributed by atoms with Gasteiger partial charge in [-0.3, -0.25) is 0 Å². The fourth-order valence-electron chi connectivity index (χ4n) is 2.95. The van der Waals surface area contributed by atoms with Gasteiger partial charge in [-0.2, -0.15) is 0 Å². The van der Waals surface area contributed by atoms with Crippen molar-refractivity contribution in [1.29, 1.82) is 0 Å². The highest BCUT2D eigenvalue weighted by Crippen LogP contribution is 2.35. The van der Waals surface area contributed by atoms with Crippen molar-refractivity contribution >= 4 is 22.7 Å². The van der Waals surface area contributed by atoms with Crippen LogP contribution >= 0.6 is 0 Å². The average molecular weight is 334 g/mol. The van der Waals surface area contributed by atoms with E-state index in [1.807, 2.05) is 55.5 Å². The molecule has 4 nitrogen and oxygen atoms in total. The lowest BCUT2D eigenvalue weighted by Gasteiger charge is -2.16. The number of carbonyl (C=O) groups is 2. The molecule has 0 spiro atoms. The largest absolute Gasteiger partial charge is 0.465 e. The van der Waals surface area contributed by atoms with Gasteiger partial charge in [-0.05, 0) is 29.3 Å². The molecule has 126 valence electrons. The van der Waals surface area contributed by atoms with Crippen molar-refractivity contribution in [2.75, 3.05) is 14.2 Å². The molecule has 0 aliphatic carbocycles. The minimum Gasteiger partial charge on any atom is -0.465 e. The number of fused-ring (bicyclic) bond motifs is 1. The van der Waals surface area contributed by atoms with Crippen molar-refractivity contribution in [3.63, 3.8) is 0 Å². The highest BCUT2D eigenvalue weighted by Gasteiger charge is 2.25. The minimum atomic E-state index is -0.570. The Labute approximate surface area is 146 Å². The van der Waals surface area contributed by atoms with Gasteiger partial charge in [0, 0.05) is 5.56 Å². The van der Waals surface area contributed by atoms with E-state index in [9.17, 15) is 9.59 Å². The number of benzene rings is 3. The highest BCUT2D eigenvalue weighted by atomic mass is 16.5. The van der Waals surface area contributed by atoms with Gasteiger partial charge in [0.25, 0.3) is 0 Å². The highest BCUT2D eigenvalue weighted by molar-refractivity contribution is 6.15. The van der Waals surface area contributed by atoms with Gasteiger partial charge in [0.15, 0.2) is 0 Å². The zero-order valence-electron chi connectivity index (χ0n) is 14.3. The van der Waals surface area contributed by atoms with E-state index in [4.69, 9.17) is 9.47 Å². The molecule has 4 heteroatoms. The third kappa shape index (κ3) is 2.98. The summed E-state index contributed by atoms with van der Waals surface area (Å²) in [5, 5.41) is 1.73. The molecular formula is C21H18O4. The van der Waals surface area contributed by atoms with Crippen molar-refractivity contribution in [2.45, 2.75) is 6.92 Å². The predicted octanol–water partition coefficient (Wildman–Crippen LogP) is 4.39. The lowest BCUT2D eigenvalue weighted by molar-refractivity contribution is 0.0556. The van der Waals surface area contributed by atoms with Crippen molar-refractivity contribution in [2.24, 2.45) is 0 Å². The van der Waals surface area contributed by atoms with Crippen LogP contribution in [0.3, 0.4) is 0 Å². The zero-order chi connectivity index (χ0) is 18.0. The molecule has 0 amide bonds. The molecule has 0 aliphatic rings. The van der Waals surface area contributed by atoms with E-state index < -0.39 is 11.9 Å². The van der Waals surface area contributed by atoms with Crippen LogP contribution in [-0.4, -0.2) is 26.2 Å². The minimum absolute atomic E-state index is 0.198. The predicted molar refractivity (Wildman–Crippen MR) is 96.8 cm³/mol. The zero-order valence-corrected chi connectivity index (χ0v) is 14.3. The number of aryl methyl sites for hydroxylation is 1. The molecule has 3 aromatic rings. The Morgan fingerprint density at radius 1 is 0.840 bits per heavy atom. The van der Waals surface area contributed by atoms with Crippen molar-refractivity contribution in [3.05, 3.63) is 71.3 Å². The summed E-state index contributed by atoms with van der Waals surface area (Å²) in [6.45, 7) is 1.99. The number of carbonyl (C=O) groups excluding carboxylic acids is 2. The first kappa shape index (κ1) is 16.7. The molecule has 0 unspecified atom stereocenters. The Kier molecular flexibility index (Phi) is 4.52. The maximum atomic E-state index is 12.5. The number of rotatable bonds is 3. The molecular weight excluding hydrogens is 316 g/mol. The summed E-state index contributed by atoms with van der Waals surface area (Å²) < 4.78 is 9.84. The molecule has 0 aromatic heterocycles. The maximum Gasteiger partial charge on any atom is 0.339 e. The monoisotopic (exact) mass is 334 g/mol. The topological polar surface area (TPSA) is 52.6 Å². The summed E-state index contributed by atoms with van der Waals surface area (Å²) in [4.78, 5) is 24.8. The van der Waals surface area contributed by atoms with Crippen LogP contribution in [0.4, 0.5) is 0 Å². The summed E-state index contributed by atoms with van der Waals surface area (Å²) in [6.07, 6.45) is 0. The summed E-state index contributed by atoms with van der Waals surface area (Å²) in [5.41, 5.74) is 3.04. The molecule has 0 fully saturated rings. The number of ether oxygens (including phenoxy) is 2. The maximum absolute atomic E-state index is 12.5. The first-order valence-electron chi connectivity index (χ1n) is 7.86. The van der Waals surface area contributed by atoms with Crippen LogP contribution in [-0.2, 0) is 9.47 Å². The number of hydrogen-bond acceptors (Lipinski definition) is 4. The van der Waals surface area contributed by atoms with Gasteiger partial charge in [-0.15, -0.1) is 0 Å². The smallest absolute Gasteiger partial charge is 0.339 e. The van der Waals surface area contributed by atoms with E-state index >= 15 is 0 Å². The van der Waals surface area contributed by atoms with Crippen molar-refractivity contribution in [1.82, 2.24) is 0 Å². The van der Waals surface area contributed by atoms with Gasteiger partial charge in [0.2, 0.25) is 0 Å². The number of hydrogen-bond donors (Lipinski definition) is 0. The first-order chi connectivity index (χ1) is 12.1. The summed E-state index contributed by atoms with van der Waals surface area (Å²) in [7, 11) is 2.60. The van der Waals surface area contributed by atoms with Gasteiger partial charge in [-0.25, -0.2) is 9.59 Å². The molecule has 0 heterocycles. The Morgan fingerprint density at radius 2 is 1.48 bits per heavy atom. The van der Waals surface area contributed by atoms with Crippen LogP contribution in [0, 0.1) is 6.92 Å². The lowest BCUT2D eigenvalue weighted by Crippen LogP contribution is -2.14. The van der Waals surface area contributed by atoms with E-state index in [0.717, 1.165) is 21.9 Å².